The maximum Gasteiger partial charge on any atom is 0.312 e. The monoisotopic (exact) mass is 410 g/mol. The predicted octanol–water partition coefficient (Wildman–Crippen LogP) is 3.29. The fourth-order valence-corrected chi connectivity index (χ4v) is 2.47. The van der Waals surface area contributed by atoms with Crippen molar-refractivity contribution in [2.24, 2.45) is 5.10 Å². The number of phenolic OH excluding ortho intramolecular Hbond substituents is 1. The number of anilines is 1. The molecule has 3 N–H and O–H groups in total. The Bertz CT molecular complexity index is 907. The minimum atomic E-state index is -0.741. The van der Waals surface area contributed by atoms with Crippen LogP contribution in [0.15, 0.2) is 35.4 Å². The molecule has 0 fully saturated rings. The standard InChI is InChI=1S/C16H15ClN4O5S/c1-25-13-4-3-11(7-14(13)26-2)19-16(27)20-18-8-9-5-10(17)6-12(15(9)22)21(23)24/h3-8,22H,1-2H3,(H2,19,20,27)/b18-8+. The Kier molecular flexibility index (Phi) is 6.74. The third-order valence-electron chi connectivity index (χ3n) is 3.29. The molecule has 142 valence electrons. The first-order valence-electron chi connectivity index (χ1n) is 7.34. The van der Waals surface area contributed by atoms with E-state index in [1.165, 1.54) is 20.3 Å². The van der Waals surface area contributed by atoms with E-state index in [2.05, 4.69) is 15.8 Å². The van der Waals surface area contributed by atoms with Crippen LogP contribution < -0.4 is 20.2 Å². The summed E-state index contributed by atoms with van der Waals surface area (Å²) >= 11 is 10.9. The van der Waals surface area contributed by atoms with Crippen LogP contribution in [0.4, 0.5) is 11.4 Å². The maximum atomic E-state index is 10.9. The molecule has 0 saturated carbocycles. The number of hydrogen-bond donors (Lipinski definition) is 3. The second-order valence-electron chi connectivity index (χ2n) is 5.01. The molecule has 0 spiro atoms. The van der Waals surface area contributed by atoms with Crippen molar-refractivity contribution in [3.05, 3.63) is 51.0 Å². The van der Waals surface area contributed by atoms with Gasteiger partial charge in [-0.15, -0.1) is 0 Å². The van der Waals surface area contributed by atoms with E-state index >= 15 is 0 Å². The Morgan fingerprint density at radius 2 is 2.00 bits per heavy atom. The molecule has 0 aliphatic heterocycles. The lowest BCUT2D eigenvalue weighted by Crippen LogP contribution is -2.23. The summed E-state index contributed by atoms with van der Waals surface area (Å²) in [6.07, 6.45) is 1.16. The summed E-state index contributed by atoms with van der Waals surface area (Å²) in [7, 11) is 3.04. The molecule has 0 bridgehead atoms. The first kappa shape index (κ1) is 20.2. The third kappa shape index (κ3) is 5.19. The summed E-state index contributed by atoms with van der Waals surface area (Å²) in [4.78, 5) is 10.1. The van der Waals surface area contributed by atoms with Crippen molar-refractivity contribution in [1.82, 2.24) is 5.43 Å². The number of nitro groups is 1. The van der Waals surface area contributed by atoms with Gasteiger partial charge in [-0.25, -0.2) is 0 Å². The van der Waals surface area contributed by atoms with E-state index in [-0.39, 0.29) is 15.7 Å². The minimum Gasteiger partial charge on any atom is -0.502 e. The zero-order valence-electron chi connectivity index (χ0n) is 14.2. The van der Waals surface area contributed by atoms with Crippen molar-refractivity contribution >= 4 is 46.5 Å². The van der Waals surface area contributed by atoms with Crippen molar-refractivity contribution in [3.8, 4) is 17.2 Å². The van der Waals surface area contributed by atoms with Crippen LogP contribution in [-0.2, 0) is 0 Å². The Balaban J connectivity index is 2.07. The molecule has 0 saturated heterocycles. The van der Waals surface area contributed by atoms with Gasteiger partial charge >= 0.3 is 5.69 Å². The Hall–Kier alpha value is -3.11. The number of ether oxygens (including phenoxy) is 2. The number of aromatic hydroxyl groups is 1. The van der Waals surface area contributed by atoms with Crippen molar-refractivity contribution in [1.29, 1.82) is 0 Å². The molecule has 27 heavy (non-hydrogen) atoms. The molecule has 0 aromatic heterocycles. The number of hydrazone groups is 1. The van der Waals surface area contributed by atoms with E-state index in [0.717, 1.165) is 12.3 Å². The maximum absolute atomic E-state index is 10.9. The number of hydrogen-bond acceptors (Lipinski definition) is 7. The van der Waals surface area contributed by atoms with Crippen LogP contribution in [0.3, 0.4) is 0 Å². The summed E-state index contributed by atoms with van der Waals surface area (Å²) in [5.74, 6) is 0.539. The van der Waals surface area contributed by atoms with Crippen LogP contribution in [0.2, 0.25) is 5.02 Å². The fraction of sp³-hybridized carbons (Fsp3) is 0.125. The molecule has 0 atom stereocenters. The number of methoxy groups -OCH3 is 2. The zero-order valence-corrected chi connectivity index (χ0v) is 15.8. The molecule has 2 rings (SSSR count). The first-order chi connectivity index (χ1) is 12.8. The Morgan fingerprint density at radius 3 is 2.63 bits per heavy atom. The van der Waals surface area contributed by atoms with E-state index in [1.54, 1.807) is 18.2 Å². The largest absolute Gasteiger partial charge is 0.502 e. The highest BCUT2D eigenvalue weighted by molar-refractivity contribution is 7.80. The molecule has 2 aromatic rings. The van der Waals surface area contributed by atoms with E-state index in [9.17, 15) is 15.2 Å². The van der Waals surface area contributed by atoms with E-state index in [1.807, 2.05) is 0 Å². The van der Waals surface area contributed by atoms with Crippen LogP contribution in [-0.4, -0.2) is 35.6 Å². The molecule has 2 aromatic carbocycles. The van der Waals surface area contributed by atoms with E-state index in [4.69, 9.17) is 33.3 Å². The van der Waals surface area contributed by atoms with E-state index < -0.39 is 16.4 Å². The summed E-state index contributed by atoms with van der Waals surface area (Å²) in [6.45, 7) is 0. The van der Waals surface area contributed by atoms with Gasteiger partial charge in [0.2, 0.25) is 5.75 Å². The molecule has 0 aliphatic rings. The van der Waals surface area contributed by atoms with Gasteiger partial charge in [0.25, 0.3) is 0 Å². The number of nitrogens with zero attached hydrogens (tertiary/aromatic N) is 2. The summed E-state index contributed by atoms with van der Waals surface area (Å²) in [5.41, 5.74) is 2.71. The molecule has 0 heterocycles. The number of benzene rings is 2. The highest BCUT2D eigenvalue weighted by atomic mass is 35.5. The van der Waals surface area contributed by atoms with Crippen LogP contribution in [0.25, 0.3) is 0 Å². The summed E-state index contributed by atoms with van der Waals surface area (Å²) < 4.78 is 10.3. The minimum absolute atomic E-state index is 0.0654. The van der Waals surface area contributed by atoms with Gasteiger partial charge in [0.05, 0.1) is 25.4 Å². The van der Waals surface area contributed by atoms with Gasteiger partial charge in [-0.3, -0.25) is 15.5 Å². The average Bonchev–Trinajstić information content (AvgIpc) is 2.63. The van der Waals surface area contributed by atoms with Crippen LogP contribution >= 0.6 is 23.8 Å². The fourth-order valence-electron chi connectivity index (χ4n) is 2.08. The van der Waals surface area contributed by atoms with Gasteiger partial charge in [-0.2, -0.15) is 5.10 Å². The molecule has 9 nitrogen and oxygen atoms in total. The average molecular weight is 411 g/mol. The number of rotatable bonds is 6. The van der Waals surface area contributed by atoms with Gasteiger partial charge in [0.15, 0.2) is 16.6 Å². The lowest BCUT2D eigenvalue weighted by Gasteiger charge is -2.11. The molecular formula is C16H15ClN4O5S. The Morgan fingerprint density at radius 1 is 1.30 bits per heavy atom. The SMILES string of the molecule is COc1ccc(NC(=S)N/N=C/c2cc(Cl)cc([N+](=O)[O-])c2O)cc1OC. The molecule has 0 amide bonds. The third-order valence-corrected chi connectivity index (χ3v) is 3.70. The van der Waals surface area contributed by atoms with Crippen LogP contribution in [0.1, 0.15) is 5.56 Å². The van der Waals surface area contributed by atoms with Gasteiger partial charge in [-0.05, 0) is 30.4 Å². The first-order valence-corrected chi connectivity index (χ1v) is 8.13. The normalized spacial score (nSPS) is 10.5. The van der Waals surface area contributed by atoms with Gasteiger partial charge in [0, 0.05) is 28.4 Å². The van der Waals surface area contributed by atoms with Gasteiger partial charge in [-0.1, -0.05) is 11.6 Å². The smallest absolute Gasteiger partial charge is 0.312 e. The number of nitrogens with one attached hydrogen (secondary N) is 2. The van der Waals surface area contributed by atoms with Gasteiger partial charge < -0.3 is 19.9 Å². The molecule has 11 heteroatoms. The highest BCUT2D eigenvalue weighted by Crippen LogP contribution is 2.32. The lowest BCUT2D eigenvalue weighted by molar-refractivity contribution is -0.385. The molecule has 0 unspecified atom stereocenters. The van der Waals surface area contributed by atoms with Crippen molar-refractivity contribution in [2.45, 2.75) is 0 Å². The number of halogens is 1. The number of nitro benzene ring substituents is 1. The zero-order chi connectivity index (χ0) is 20.0. The molecular weight excluding hydrogens is 396 g/mol. The molecule has 0 aliphatic carbocycles. The highest BCUT2D eigenvalue weighted by Gasteiger charge is 2.17. The summed E-state index contributed by atoms with van der Waals surface area (Å²) in [5, 5.41) is 27.7. The summed E-state index contributed by atoms with van der Waals surface area (Å²) in [6, 6.07) is 7.49. The lowest BCUT2D eigenvalue weighted by atomic mass is 10.2. The van der Waals surface area contributed by atoms with Crippen LogP contribution in [0.5, 0.6) is 17.2 Å². The van der Waals surface area contributed by atoms with Gasteiger partial charge in [0.1, 0.15) is 0 Å². The van der Waals surface area contributed by atoms with Crippen molar-refractivity contribution < 1.29 is 19.5 Å². The van der Waals surface area contributed by atoms with Crippen molar-refractivity contribution in [3.63, 3.8) is 0 Å². The quantitative estimate of drug-likeness (QED) is 0.287. The predicted molar refractivity (Wildman–Crippen MR) is 106 cm³/mol. The Labute approximate surface area is 164 Å². The topological polar surface area (TPSA) is 118 Å². The van der Waals surface area contributed by atoms with E-state index in [0.29, 0.717) is 17.2 Å². The van der Waals surface area contributed by atoms with Crippen molar-refractivity contribution in [2.75, 3.05) is 19.5 Å². The molecule has 0 radical (unpaired) electrons. The second-order valence-corrected chi connectivity index (χ2v) is 5.86. The van der Waals surface area contributed by atoms with Crippen LogP contribution in [0, 0.1) is 10.1 Å². The second kappa shape index (κ2) is 9.01. The number of thiocarbonyl (C=S) groups is 1. The number of phenols is 1.